The molecule has 0 radical (unpaired) electrons. The quantitative estimate of drug-likeness (QED) is 0.852. The number of likely N-dealkylation sites (tertiary alicyclic amines) is 1. The molecule has 2 N–H and O–H groups in total. The third-order valence-electron chi connectivity index (χ3n) is 6.12. The van der Waals surface area contributed by atoms with Gasteiger partial charge in [-0.3, -0.25) is 4.90 Å². The van der Waals surface area contributed by atoms with Crippen molar-refractivity contribution in [3.05, 3.63) is 0 Å². The maximum atomic E-state index is 6.24. The zero-order chi connectivity index (χ0) is 13.3. The highest BCUT2D eigenvalue weighted by Gasteiger charge is 2.46. The van der Waals surface area contributed by atoms with Crippen molar-refractivity contribution in [3.8, 4) is 0 Å². The minimum atomic E-state index is 0.164. The van der Waals surface area contributed by atoms with Crippen LogP contribution in [0.4, 0.5) is 0 Å². The molecule has 4 unspecified atom stereocenters. The zero-order valence-electron chi connectivity index (χ0n) is 12.4. The summed E-state index contributed by atoms with van der Waals surface area (Å²) in [7, 11) is 0. The second kappa shape index (κ2) is 5.71. The van der Waals surface area contributed by atoms with Gasteiger partial charge in [-0.05, 0) is 51.5 Å². The maximum absolute atomic E-state index is 6.24. The van der Waals surface area contributed by atoms with Gasteiger partial charge in [-0.2, -0.15) is 0 Å². The molecule has 3 aliphatic rings. The number of hydrogen-bond donors (Lipinski definition) is 1. The van der Waals surface area contributed by atoms with Gasteiger partial charge in [0.05, 0.1) is 6.61 Å². The van der Waals surface area contributed by atoms with Gasteiger partial charge in [0.25, 0.3) is 0 Å². The summed E-state index contributed by atoms with van der Waals surface area (Å²) in [6.45, 7) is 6.29. The van der Waals surface area contributed by atoms with E-state index in [1.54, 1.807) is 0 Å². The van der Waals surface area contributed by atoms with Crippen molar-refractivity contribution in [1.82, 2.24) is 4.90 Å². The summed E-state index contributed by atoms with van der Waals surface area (Å²) in [5.74, 6) is 1.58. The summed E-state index contributed by atoms with van der Waals surface area (Å²) in [6.07, 6.45) is 9.71. The fraction of sp³-hybridized carbons (Fsp3) is 1.00. The first-order valence-electron chi connectivity index (χ1n) is 8.30. The van der Waals surface area contributed by atoms with E-state index in [9.17, 15) is 0 Å². The monoisotopic (exact) mass is 266 g/mol. The van der Waals surface area contributed by atoms with Gasteiger partial charge >= 0.3 is 0 Å². The molecule has 3 rings (SSSR count). The molecule has 0 bridgehead atoms. The third-order valence-corrected chi connectivity index (χ3v) is 6.12. The van der Waals surface area contributed by atoms with Crippen molar-refractivity contribution in [2.45, 2.75) is 63.5 Å². The average molecular weight is 266 g/mol. The predicted octanol–water partition coefficient (Wildman–Crippen LogP) is 2.39. The summed E-state index contributed by atoms with van der Waals surface area (Å²) in [6, 6.07) is 0.802. The van der Waals surface area contributed by atoms with Crippen LogP contribution in [-0.2, 0) is 4.74 Å². The summed E-state index contributed by atoms with van der Waals surface area (Å²) >= 11 is 0. The average Bonchev–Trinajstić information content (AvgIpc) is 3.00. The molecule has 3 nitrogen and oxygen atoms in total. The van der Waals surface area contributed by atoms with Gasteiger partial charge in [-0.25, -0.2) is 0 Å². The van der Waals surface area contributed by atoms with Gasteiger partial charge in [0, 0.05) is 30.7 Å². The lowest BCUT2D eigenvalue weighted by atomic mass is 9.73. The van der Waals surface area contributed by atoms with E-state index in [-0.39, 0.29) is 5.54 Å². The van der Waals surface area contributed by atoms with Crippen LogP contribution in [0, 0.1) is 11.8 Å². The fourth-order valence-electron chi connectivity index (χ4n) is 4.80. The van der Waals surface area contributed by atoms with Crippen LogP contribution in [0.3, 0.4) is 0 Å². The van der Waals surface area contributed by atoms with Gasteiger partial charge in [0.2, 0.25) is 0 Å². The van der Waals surface area contributed by atoms with E-state index in [1.165, 1.54) is 51.5 Å². The van der Waals surface area contributed by atoms with Gasteiger partial charge in [-0.15, -0.1) is 0 Å². The van der Waals surface area contributed by atoms with Gasteiger partial charge < -0.3 is 10.5 Å². The van der Waals surface area contributed by atoms with Crippen LogP contribution in [0.5, 0.6) is 0 Å². The smallest absolute Gasteiger partial charge is 0.0513 e. The summed E-state index contributed by atoms with van der Waals surface area (Å²) in [4.78, 5) is 2.81. The molecule has 3 fully saturated rings. The molecule has 1 aliphatic carbocycles. The molecule has 2 aliphatic heterocycles. The summed E-state index contributed by atoms with van der Waals surface area (Å²) in [5, 5.41) is 0. The Morgan fingerprint density at radius 2 is 1.95 bits per heavy atom. The second-order valence-electron chi connectivity index (χ2n) is 7.07. The standard InChI is InChI=1S/C16H30N2O/c1-16(12-17,14-8-10-19-11-14)18-9-4-6-13-5-2-3-7-15(13)18/h13-15H,2-12,17H2,1H3. The molecule has 0 aromatic rings. The normalized spacial score (nSPS) is 39.8. The van der Waals surface area contributed by atoms with Crippen LogP contribution in [-0.4, -0.2) is 42.8 Å². The van der Waals surface area contributed by atoms with Crippen LogP contribution in [0.1, 0.15) is 51.9 Å². The third kappa shape index (κ3) is 2.45. The molecule has 110 valence electrons. The maximum Gasteiger partial charge on any atom is 0.0513 e. The number of nitrogens with zero attached hydrogens (tertiary/aromatic N) is 1. The van der Waals surface area contributed by atoms with E-state index in [2.05, 4.69) is 11.8 Å². The highest BCUT2D eigenvalue weighted by atomic mass is 16.5. The van der Waals surface area contributed by atoms with E-state index in [0.717, 1.165) is 31.7 Å². The molecule has 0 aromatic heterocycles. The number of ether oxygens (including phenoxy) is 1. The van der Waals surface area contributed by atoms with Gasteiger partial charge in [0.15, 0.2) is 0 Å². The van der Waals surface area contributed by atoms with Crippen LogP contribution in [0.15, 0.2) is 0 Å². The van der Waals surface area contributed by atoms with Crippen LogP contribution < -0.4 is 5.73 Å². The molecule has 0 spiro atoms. The number of hydrogen-bond acceptors (Lipinski definition) is 3. The van der Waals surface area contributed by atoms with Crippen molar-refractivity contribution in [2.24, 2.45) is 17.6 Å². The largest absolute Gasteiger partial charge is 0.381 e. The Morgan fingerprint density at radius 3 is 2.68 bits per heavy atom. The summed E-state index contributed by atoms with van der Waals surface area (Å²) < 4.78 is 5.65. The van der Waals surface area contributed by atoms with E-state index in [1.807, 2.05) is 0 Å². The van der Waals surface area contributed by atoms with E-state index >= 15 is 0 Å². The molecule has 0 aromatic carbocycles. The first-order chi connectivity index (χ1) is 9.25. The SMILES string of the molecule is CC(CN)(C1CCOC1)N1CCCC2CCCCC21. The summed E-state index contributed by atoms with van der Waals surface area (Å²) in [5.41, 5.74) is 6.41. The van der Waals surface area contributed by atoms with Crippen LogP contribution in [0.25, 0.3) is 0 Å². The molecule has 3 heteroatoms. The zero-order valence-corrected chi connectivity index (χ0v) is 12.4. The Bertz CT molecular complexity index is 301. The Kier molecular flexibility index (Phi) is 4.16. The van der Waals surface area contributed by atoms with Crippen molar-refractivity contribution in [2.75, 3.05) is 26.3 Å². The molecule has 0 amide bonds. The minimum Gasteiger partial charge on any atom is -0.381 e. The van der Waals surface area contributed by atoms with Crippen molar-refractivity contribution in [1.29, 1.82) is 0 Å². The first kappa shape index (κ1) is 13.8. The minimum absolute atomic E-state index is 0.164. The lowest BCUT2D eigenvalue weighted by molar-refractivity contribution is -0.0466. The van der Waals surface area contributed by atoms with E-state index < -0.39 is 0 Å². The molecular formula is C16H30N2O. The number of piperidine rings is 1. The molecule has 1 saturated carbocycles. The van der Waals surface area contributed by atoms with Crippen molar-refractivity contribution >= 4 is 0 Å². The number of fused-ring (bicyclic) bond motifs is 1. The molecule has 2 heterocycles. The van der Waals surface area contributed by atoms with E-state index in [0.29, 0.717) is 5.92 Å². The van der Waals surface area contributed by atoms with Crippen LogP contribution in [0.2, 0.25) is 0 Å². The molecule has 2 saturated heterocycles. The van der Waals surface area contributed by atoms with E-state index in [4.69, 9.17) is 10.5 Å². The molecule has 19 heavy (non-hydrogen) atoms. The van der Waals surface area contributed by atoms with Crippen LogP contribution >= 0.6 is 0 Å². The predicted molar refractivity (Wildman–Crippen MR) is 78.1 cm³/mol. The number of nitrogens with two attached hydrogens (primary N) is 1. The van der Waals surface area contributed by atoms with Crippen molar-refractivity contribution < 1.29 is 4.74 Å². The second-order valence-corrected chi connectivity index (χ2v) is 7.07. The first-order valence-corrected chi connectivity index (χ1v) is 8.30. The lowest BCUT2D eigenvalue weighted by Gasteiger charge is -2.54. The van der Waals surface area contributed by atoms with Gasteiger partial charge in [-0.1, -0.05) is 12.8 Å². The Morgan fingerprint density at radius 1 is 1.16 bits per heavy atom. The fourth-order valence-corrected chi connectivity index (χ4v) is 4.80. The Balaban J connectivity index is 1.80. The lowest BCUT2D eigenvalue weighted by Crippen LogP contribution is -2.63. The molecular weight excluding hydrogens is 236 g/mol. The highest BCUT2D eigenvalue weighted by Crippen LogP contribution is 2.42. The number of rotatable bonds is 3. The highest BCUT2D eigenvalue weighted by molar-refractivity contribution is 5.01. The Hall–Kier alpha value is -0.120. The molecule has 4 atom stereocenters. The van der Waals surface area contributed by atoms with Gasteiger partial charge in [0.1, 0.15) is 0 Å². The Labute approximate surface area is 117 Å². The topological polar surface area (TPSA) is 38.5 Å². The van der Waals surface area contributed by atoms with Crippen molar-refractivity contribution in [3.63, 3.8) is 0 Å².